The molecule has 37 heavy (non-hydrogen) atoms. The molecule has 0 bridgehead atoms. The van der Waals surface area contributed by atoms with E-state index in [0.717, 1.165) is 30.2 Å². The molecule has 1 unspecified atom stereocenters. The van der Waals surface area contributed by atoms with Crippen LogP contribution in [0.3, 0.4) is 0 Å². The molecule has 0 aliphatic carbocycles. The molecule has 1 N–H and O–H groups in total. The fourth-order valence-corrected chi connectivity index (χ4v) is 4.90. The SMILES string of the molecule is CCCCNC(=O)C(C)N(Cc1ccc(C)cc1)C(=O)CCCN(c1ccccc1OCC)S(C)(=O)=O. The molecule has 8 nitrogen and oxygen atoms in total. The smallest absolute Gasteiger partial charge is 0.242 e. The number of sulfonamides is 1. The Bertz CT molecular complexity index is 1120. The minimum Gasteiger partial charge on any atom is -0.492 e. The summed E-state index contributed by atoms with van der Waals surface area (Å²) in [5.41, 5.74) is 2.48. The number of nitrogens with zero attached hydrogens (tertiary/aromatic N) is 2. The zero-order valence-electron chi connectivity index (χ0n) is 22.7. The number of rotatable bonds is 15. The van der Waals surface area contributed by atoms with E-state index < -0.39 is 16.1 Å². The van der Waals surface area contributed by atoms with Gasteiger partial charge in [-0.1, -0.05) is 55.3 Å². The van der Waals surface area contributed by atoms with E-state index in [2.05, 4.69) is 12.2 Å². The molecule has 1 atom stereocenters. The van der Waals surface area contributed by atoms with Crippen molar-refractivity contribution in [2.75, 3.05) is 30.3 Å². The highest BCUT2D eigenvalue weighted by atomic mass is 32.2. The molecule has 2 aromatic rings. The first kappa shape index (κ1) is 30.2. The second-order valence-corrected chi connectivity index (χ2v) is 11.1. The number of anilines is 1. The Morgan fingerprint density at radius 2 is 1.70 bits per heavy atom. The molecular weight excluding hydrogens is 490 g/mol. The number of unbranched alkanes of at least 4 members (excludes halogenated alkanes) is 1. The maximum atomic E-state index is 13.4. The summed E-state index contributed by atoms with van der Waals surface area (Å²) in [5.74, 6) is 0.0719. The monoisotopic (exact) mass is 531 g/mol. The van der Waals surface area contributed by atoms with Gasteiger partial charge in [-0.3, -0.25) is 13.9 Å². The molecule has 0 heterocycles. The molecule has 0 radical (unpaired) electrons. The first-order valence-corrected chi connectivity index (χ1v) is 14.8. The number of hydrogen-bond donors (Lipinski definition) is 1. The molecule has 2 amide bonds. The van der Waals surface area contributed by atoms with E-state index in [1.807, 2.05) is 38.1 Å². The molecule has 2 aromatic carbocycles. The van der Waals surface area contributed by atoms with E-state index >= 15 is 0 Å². The second-order valence-electron chi connectivity index (χ2n) is 9.17. The van der Waals surface area contributed by atoms with E-state index in [-0.39, 0.29) is 24.8 Å². The topological polar surface area (TPSA) is 96.0 Å². The summed E-state index contributed by atoms with van der Waals surface area (Å²) in [7, 11) is -3.61. The van der Waals surface area contributed by atoms with Crippen molar-refractivity contribution in [2.24, 2.45) is 0 Å². The number of nitrogens with one attached hydrogen (secondary N) is 1. The maximum absolute atomic E-state index is 13.4. The van der Waals surface area contributed by atoms with Crippen LogP contribution in [0.2, 0.25) is 0 Å². The lowest BCUT2D eigenvalue weighted by Crippen LogP contribution is -2.48. The van der Waals surface area contributed by atoms with Gasteiger partial charge in [-0.15, -0.1) is 0 Å². The second kappa shape index (κ2) is 14.6. The molecule has 0 aliphatic heterocycles. The van der Waals surface area contributed by atoms with Crippen molar-refractivity contribution < 1.29 is 22.7 Å². The predicted octanol–water partition coefficient (Wildman–Crippen LogP) is 4.27. The first-order valence-electron chi connectivity index (χ1n) is 12.9. The summed E-state index contributed by atoms with van der Waals surface area (Å²) in [6.07, 6.45) is 3.37. The zero-order chi connectivity index (χ0) is 27.4. The molecule has 9 heteroatoms. The fraction of sp³-hybridized carbons (Fsp3) is 0.500. The molecule has 0 spiro atoms. The Morgan fingerprint density at radius 3 is 2.32 bits per heavy atom. The van der Waals surface area contributed by atoms with Crippen LogP contribution in [0.4, 0.5) is 5.69 Å². The number of ether oxygens (including phenoxy) is 1. The lowest BCUT2D eigenvalue weighted by molar-refractivity contribution is -0.140. The van der Waals surface area contributed by atoms with Gasteiger partial charge in [0.15, 0.2) is 0 Å². The summed E-state index contributed by atoms with van der Waals surface area (Å²) in [6.45, 7) is 8.99. The van der Waals surface area contributed by atoms with Crippen LogP contribution < -0.4 is 14.4 Å². The minimum absolute atomic E-state index is 0.0985. The van der Waals surface area contributed by atoms with Gasteiger partial charge in [0.25, 0.3) is 0 Å². The van der Waals surface area contributed by atoms with Crippen LogP contribution in [0.1, 0.15) is 57.6 Å². The van der Waals surface area contributed by atoms with Gasteiger partial charge < -0.3 is 15.0 Å². The van der Waals surface area contributed by atoms with Gasteiger partial charge in [0.2, 0.25) is 21.8 Å². The van der Waals surface area contributed by atoms with E-state index in [1.165, 1.54) is 4.31 Å². The van der Waals surface area contributed by atoms with Crippen LogP contribution in [0.15, 0.2) is 48.5 Å². The predicted molar refractivity (Wildman–Crippen MR) is 148 cm³/mol. The fourth-order valence-electron chi connectivity index (χ4n) is 3.93. The molecule has 0 aliphatic rings. The van der Waals surface area contributed by atoms with Crippen LogP contribution in [-0.2, 0) is 26.2 Å². The Balaban J connectivity index is 2.17. The molecule has 0 fully saturated rings. The van der Waals surface area contributed by atoms with Crippen LogP contribution in [-0.4, -0.2) is 57.1 Å². The van der Waals surface area contributed by atoms with Crippen LogP contribution in [0, 0.1) is 6.92 Å². The number of carbonyl (C=O) groups excluding carboxylic acids is 2. The Hall–Kier alpha value is -3.07. The van der Waals surface area contributed by atoms with Crippen molar-refractivity contribution in [1.29, 1.82) is 0 Å². The third-order valence-corrected chi connectivity index (χ3v) is 7.24. The van der Waals surface area contributed by atoms with Gasteiger partial charge in [0.05, 0.1) is 18.6 Å². The summed E-state index contributed by atoms with van der Waals surface area (Å²) in [6, 6.07) is 14.2. The molecule has 204 valence electrons. The minimum atomic E-state index is -3.61. The van der Waals surface area contributed by atoms with Crippen molar-refractivity contribution in [1.82, 2.24) is 10.2 Å². The van der Waals surface area contributed by atoms with Crippen LogP contribution in [0.25, 0.3) is 0 Å². The van der Waals surface area contributed by atoms with Gasteiger partial charge in [-0.25, -0.2) is 8.42 Å². The Morgan fingerprint density at radius 1 is 1.03 bits per heavy atom. The van der Waals surface area contributed by atoms with Gasteiger partial charge in [0, 0.05) is 26.1 Å². The molecular formula is C28H41N3O5S. The van der Waals surface area contributed by atoms with Crippen molar-refractivity contribution in [3.63, 3.8) is 0 Å². The normalized spacial score (nSPS) is 12.0. The quantitative estimate of drug-likeness (QED) is 0.346. The average Bonchev–Trinajstić information content (AvgIpc) is 2.86. The van der Waals surface area contributed by atoms with Crippen molar-refractivity contribution in [3.8, 4) is 5.75 Å². The number of amides is 2. The summed E-state index contributed by atoms with van der Waals surface area (Å²) in [4.78, 5) is 27.8. The lowest BCUT2D eigenvalue weighted by Gasteiger charge is -2.29. The van der Waals surface area contributed by atoms with Gasteiger partial charge in [0.1, 0.15) is 11.8 Å². The maximum Gasteiger partial charge on any atom is 0.242 e. The number of aryl methyl sites for hydroxylation is 1. The van der Waals surface area contributed by atoms with Crippen molar-refractivity contribution >= 4 is 27.5 Å². The van der Waals surface area contributed by atoms with E-state index in [4.69, 9.17) is 4.74 Å². The third kappa shape index (κ3) is 9.39. The van der Waals surface area contributed by atoms with E-state index in [0.29, 0.717) is 37.6 Å². The first-order chi connectivity index (χ1) is 17.6. The largest absolute Gasteiger partial charge is 0.492 e. The lowest BCUT2D eigenvalue weighted by atomic mass is 10.1. The standard InChI is InChI=1S/C28H41N3O5S/c1-6-8-19-29-28(33)23(4)30(21-24-17-15-22(3)16-18-24)27(32)14-11-20-31(37(5,34)35)25-12-9-10-13-26(25)36-7-2/h9-10,12-13,15-18,23H,6-8,11,14,19-21H2,1-5H3,(H,29,33). The molecule has 0 saturated heterocycles. The molecule has 2 rings (SSSR count). The van der Waals surface area contributed by atoms with Crippen LogP contribution >= 0.6 is 0 Å². The van der Waals surface area contributed by atoms with Gasteiger partial charge >= 0.3 is 0 Å². The van der Waals surface area contributed by atoms with Crippen molar-refractivity contribution in [2.45, 2.75) is 66.0 Å². The third-order valence-electron chi connectivity index (χ3n) is 6.06. The van der Waals surface area contributed by atoms with Gasteiger partial charge in [-0.05, 0) is 51.3 Å². The summed E-state index contributed by atoms with van der Waals surface area (Å²) in [5, 5.41) is 2.91. The van der Waals surface area contributed by atoms with Crippen molar-refractivity contribution in [3.05, 3.63) is 59.7 Å². The van der Waals surface area contributed by atoms with Gasteiger partial charge in [-0.2, -0.15) is 0 Å². The summed E-state index contributed by atoms with van der Waals surface area (Å²) < 4.78 is 32.1. The molecule has 0 aromatic heterocycles. The number of para-hydroxylation sites is 2. The van der Waals surface area contributed by atoms with E-state index in [1.54, 1.807) is 36.1 Å². The Kier molecular flexibility index (Phi) is 11.9. The van der Waals surface area contributed by atoms with Crippen LogP contribution in [0.5, 0.6) is 5.75 Å². The Labute approximate surface area is 222 Å². The van der Waals surface area contributed by atoms with E-state index in [9.17, 15) is 18.0 Å². The highest BCUT2D eigenvalue weighted by molar-refractivity contribution is 7.92. The number of carbonyl (C=O) groups is 2. The zero-order valence-corrected chi connectivity index (χ0v) is 23.5. The molecule has 0 saturated carbocycles. The number of benzene rings is 2. The summed E-state index contributed by atoms with van der Waals surface area (Å²) >= 11 is 0. The highest BCUT2D eigenvalue weighted by Crippen LogP contribution is 2.30. The highest BCUT2D eigenvalue weighted by Gasteiger charge is 2.27. The number of hydrogen-bond acceptors (Lipinski definition) is 5. The average molecular weight is 532 g/mol.